The van der Waals surface area contributed by atoms with Gasteiger partial charge in [-0.3, -0.25) is 9.48 Å². The summed E-state index contributed by atoms with van der Waals surface area (Å²) in [6.07, 6.45) is 0.828. The zero-order chi connectivity index (χ0) is 17.9. The lowest BCUT2D eigenvalue weighted by molar-refractivity contribution is 0.0733. The highest BCUT2D eigenvalue weighted by molar-refractivity contribution is 7.12. The Balaban J connectivity index is 1.46. The van der Waals surface area contributed by atoms with Crippen LogP contribution in [0.2, 0.25) is 0 Å². The van der Waals surface area contributed by atoms with Crippen LogP contribution in [-0.4, -0.2) is 27.1 Å². The van der Waals surface area contributed by atoms with E-state index in [1.54, 1.807) is 0 Å². The number of benzene rings is 1. The number of thiophene rings is 1. The van der Waals surface area contributed by atoms with Gasteiger partial charge in [-0.1, -0.05) is 36.4 Å². The van der Waals surface area contributed by atoms with Crippen molar-refractivity contribution in [2.24, 2.45) is 7.05 Å². The van der Waals surface area contributed by atoms with Crippen molar-refractivity contribution in [1.82, 2.24) is 14.7 Å². The molecule has 1 aromatic carbocycles. The van der Waals surface area contributed by atoms with Gasteiger partial charge in [0, 0.05) is 37.8 Å². The van der Waals surface area contributed by atoms with E-state index in [0.717, 1.165) is 34.7 Å². The Morgan fingerprint density at radius 1 is 1.19 bits per heavy atom. The summed E-state index contributed by atoms with van der Waals surface area (Å²) in [6, 6.07) is 13.9. The first-order valence-corrected chi connectivity index (χ1v) is 9.58. The molecule has 1 aliphatic heterocycles. The Morgan fingerprint density at radius 2 is 2.04 bits per heavy atom. The van der Waals surface area contributed by atoms with Gasteiger partial charge in [-0.2, -0.15) is 5.10 Å². The van der Waals surface area contributed by atoms with E-state index in [2.05, 4.69) is 17.2 Å². The van der Waals surface area contributed by atoms with Crippen LogP contribution in [0.1, 0.15) is 32.2 Å². The van der Waals surface area contributed by atoms with Gasteiger partial charge in [-0.25, -0.2) is 0 Å². The van der Waals surface area contributed by atoms with Crippen LogP contribution >= 0.6 is 11.3 Å². The largest absolute Gasteiger partial charge is 0.370 e. The first-order valence-electron chi connectivity index (χ1n) is 8.70. The molecule has 0 N–H and O–H groups in total. The summed E-state index contributed by atoms with van der Waals surface area (Å²) < 4.78 is 7.81. The molecular weight excluding hydrogens is 346 g/mol. The predicted octanol–water partition coefficient (Wildman–Crippen LogP) is 3.40. The van der Waals surface area contributed by atoms with Gasteiger partial charge in [-0.05, 0) is 17.0 Å². The molecule has 3 heterocycles. The molecule has 0 bridgehead atoms. The Morgan fingerprint density at radius 3 is 2.81 bits per heavy atom. The van der Waals surface area contributed by atoms with E-state index in [-0.39, 0.29) is 5.91 Å². The summed E-state index contributed by atoms with van der Waals surface area (Å²) in [6.45, 7) is 2.35. The molecule has 4 rings (SSSR count). The fraction of sp³-hybridized carbons (Fsp3) is 0.300. The Hall–Kier alpha value is -2.44. The minimum atomic E-state index is 0.102. The van der Waals surface area contributed by atoms with Gasteiger partial charge in [0.15, 0.2) is 0 Å². The second-order valence-electron chi connectivity index (χ2n) is 6.43. The van der Waals surface area contributed by atoms with Crippen molar-refractivity contribution in [3.05, 3.63) is 75.2 Å². The summed E-state index contributed by atoms with van der Waals surface area (Å²) in [5.74, 6) is 0.102. The number of hydrogen-bond donors (Lipinski definition) is 0. The van der Waals surface area contributed by atoms with E-state index in [1.807, 2.05) is 52.3 Å². The highest BCUT2D eigenvalue weighted by Crippen LogP contribution is 2.25. The summed E-state index contributed by atoms with van der Waals surface area (Å²) in [5, 5.41) is 6.58. The van der Waals surface area contributed by atoms with Crippen LogP contribution in [0.25, 0.3) is 0 Å². The molecule has 1 amide bonds. The zero-order valence-electron chi connectivity index (χ0n) is 14.7. The van der Waals surface area contributed by atoms with Crippen molar-refractivity contribution in [2.75, 3.05) is 6.54 Å². The average molecular weight is 367 g/mol. The maximum absolute atomic E-state index is 12.7. The van der Waals surface area contributed by atoms with Gasteiger partial charge >= 0.3 is 0 Å². The van der Waals surface area contributed by atoms with Gasteiger partial charge < -0.3 is 9.64 Å². The van der Waals surface area contributed by atoms with E-state index < -0.39 is 0 Å². The van der Waals surface area contributed by atoms with Crippen molar-refractivity contribution >= 4 is 17.2 Å². The second kappa shape index (κ2) is 7.43. The van der Waals surface area contributed by atoms with Crippen LogP contribution < -0.4 is 0 Å². The standard InChI is InChI=1S/C20H21N3O2S/c1-22-18-9-10-23(20(24)19-8-5-11-26-19)12-16(18)17(21-22)14-25-13-15-6-3-2-4-7-15/h2-8,11H,9-10,12-14H2,1H3. The molecule has 26 heavy (non-hydrogen) atoms. The number of carbonyl (C=O) groups excluding carboxylic acids is 1. The highest BCUT2D eigenvalue weighted by atomic mass is 32.1. The summed E-state index contributed by atoms with van der Waals surface area (Å²) >= 11 is 1.49. The van der Waals surface area contributed by atoms with Crippen LogP contribution in [0.15, 0.2) is 47.8 Å². The maximum atomic E-state index is 12.7. The van der Waals surface area contributed by atoms with E-state index in [0.29, 0.717) is 19.8 Å². The summed E-state index contributed by atoms with van der Waals surface area (Å²) in [7, 11) is 1.97. The van der Waals surface area contributed by atoms with Crippen molar-refractivity contribution < 1.29 is 9.53 Å². The number of hydrogen-bond acceptors (Lipinski definition) is 4. The number of nitrogens with zero attached hydrogens (tertiary/aromatic N) is 3. The minimum Gasteiger partial charge on any atom is -0.370 e. The first-order chi connectivity index (χ1) is 12.7. The van der Waals surface area contributed by atoms with Crippen LogP contribution in [0, 0.1) is 0 Å². The normalized spacial score (nSPS) is 13.7. The first kappa shape index (κ1) is 17.0. The number of amides is 1. The van der Waals surface area contributed by atoms with Crippen molar-refractivity contribution in [3.8, 4) is 0 Å². The molecule has 6 heteroatoms. The third-order valence-electron chi connectivity index (χ3n) is 4.70. The molecule has 2 aromatic heterocycles. The van der Waals surface area contributed by atoms with Crippen LogP contribution in [-0.2, 0) is 38.0 Å². The second-order valence-corrected chi connectivity index (χ2v) is 7.38. The average Bonchev–Trinajstić information content (AvgIpc) is 3.31. The van der Waals surface area contributed by atoms with Gasteiger partial charge in [0.2, 0.25) is 0 Å². The molecule has 0 fully saturated rings. The number of aryl methyl sites for hydroxylation is 1. The van der Waals surface area contributed by atoms with E-state index in [4.69, 9.17) is 4.74 Å². The third-order valence-corrected chi connectivity index (χ3v) is 5.55. The highest BCUT2D eigenvalue weighted by Gasteiger charge is 2.27. The topological polar surface area (TPSA) is 47.4 Å². The molecule has 1 aliphatic rings. The van der Waals surface area contributed by atoms with Gasteiger partial charge in [0.05, 0.1) is 23.8 Å². The summed E-state index contributed by atoms with van der Waals surface area (Å²) in [4.78, 5) is 15.4. The summed E-state index contributed by atoms with van der Waals surface area (Å²) in [5.41, 5.74) is 4.42. The van der Waals surface area contributed by atoms with Gasteiger partial charge in [-0.15, -0.1) is 11.3 Å². The molecule has 0 aliphatic carbocycles. The molecule has 0 saturated carbocycles. The van der Waals surface area contributed by atoms with E-state index in [1.165, 1.54) is 17.0 Å². The number of carbonyl (C=O) groups is 1. The molecule has 0 unspecified atom stereocenters. The molecule has 0 atom stereocenters. The zero-order valence-corrected chi connectivity index (χ0v) is 15.5. The molecule has 0 radical (unpaired) electrons. The SMILES string of the molecule is Cn1nc(COCc2ccccc2)c2c1CCN(C(=O)c1cccs1)C2. The third kappa shape index (κ3) is 3.43. The quantitative estimate of drug-likeness (QED) is 0.694. The van der Waals surface area contributed by atoms with Crippen LogP contribution in [0.3, 0.4) is 0 Å². The maximum Gasteiger partial charge on any atom is 0.264 e. The fourth-order valence-electron chi connectivity index (χ4n) is 3.35. The number of ether oxygens (including phenoxy) is 1. The molecule has 5 nitrogen and oxygen atoms in total. The number of aromatic nitrogens is 2. The van der Waals surface area contributed by atoms with Gasteiger partial charge in [0.1, 0.15) is 0 Å². The lowest BCUT2D eigenvalue weighted by Gasteiger charge is -2.27. The molecular formula is C20H21N3O2S. The van der Waals surface area contributed by atoms with Gasteiger partial charge in [0.25, 0.3) is 5.91 Å². The molecule has 134 valence electrons. The Labute approximate surface area is 156 Å². The van der Waals surface area contributed by atoms with Crippen molar-refractivity contribution in [3.63, 3.8) is 0 Å². The predicted molar refractivity (Wildman–Crippen MR) is 101 cm³/mol. The fourth-order valence-corrected chi connectivity index (χ4v) is 4.05. The monoisotopic (exact) mass is 367 g/mol. The van der Waals surface area contributed by atoms with Crippen LogP contribution in [0.5, 0.6) is 0 Å². The lowest BCUT2D eigenvalue weighted by atomic mass is 10.0. The smallest absolute Gasteiger partial charge is 0.264 e. The van der Waals surface area contributed by atoms with Crippen molar-refractivity contribution in [2.45, 2.75) is 26.2 Å². The van der Waals surface area contributed by atoms with Crippen molar-refractivity contribution in [1.29, 1.82) is 0 Å². The Kier molecular flexibility index (Phi) is 4.86. The number of fused-ring (bicyclic) bond motifs is 1. The Bertz CT molecular complexity index is 887. The van der Waals surface area contributed by atoms with Crippen LogP contribution in [0.4, 0.5) is 0 Å². The molecule has 3 aromatic rings. The number of rotatable bonds is 5. The molecule has 0 spiro atoms. The molecule has 0 saturated heterocycles. The van der Waals surface area contributed by atoms with E-state index >= 15 is 0 Å². The van der Waals surface area contributed by atoms with E-state index in [9.17, 15) is 4.79 Å². The minimum absolute atomic E-state index is 0.102. The lowest BCUT2D eigenvalue weighted by Crippen LogP contribution is -2.36.